The molecule has 0 aliphatic carbocycles. The van der Waals surface area contributed by atoms with Crippen molar-refractivity contribution in [2.45, 2.75) is 70.6 Å². The van der Waals surface area contributed by atoms with Gasteiger partial charge in [0.15, 0.2) is 0 Å². The Morgan fingerprint density at radius 3 is 2.50 bits per heavy atom. The molecule has 12 heteroatoms. The van der Waals surface area contributed by atoms with E-state index in [0.717, 1.165) is 6.07 Å². The van der Waals surface area contributed by atoms with Gasteiger partial charge in [-0.25, -0.2) is 9.78 Å². The molecule has 2 aliphatic rings. The van der Waals surface area contributed by atoms with Gasteiger partial charge in [-0.3, -0.25) is 4.79 Å². The number of carbonyl (C=O) groups excluding carboxylic acids is 1. The SMILES string of the molecule is COc1ncc(C(F)(F)F)cc1CN[C@H]1[C@H](C(C)(C)C)[C@@H](C(=O)O)N(C(=O)[C@@H]2CCCO2)[C@H]1c1ccccc1Cl. The molecule has 0 saturated carbocycles. The molecule has 0 unspecified atom stereocenters. The summed E-state index contributed by atoms with van der Waals surface area (Å²) in [6.45, 7) is 5.88. The largest absolute Gasteiger partial charge is 0.481 e. The lowest BCUT2D eigenvalue weighted by atomic mass is 9.72. The number of carboxylic acid groups (broad SMARTS) is 1. The summed E-state index contributed by atoms with van der Waals surface area (Å²) in [5.74, 6) is -2.30. The molecule has 1 aromatic carbocycles. The van der Waals surface area contributed by atoms with Crippen LogP contribution in [0.15, 0.2) is 36.5 Å². The molecule has 3 heterocycles. The average molecular weight is 584 g/mol. The predicted octanol–water partition coefficient (Wildman–Crippen LogP) is 5.10. The number of likely N-dealkylation sites (tertiary alicyclic amines) is 1. The fourth-order valence-corrected chi connectivity index (χ4v) is 6.15. The van der Waals surface area contributed by atoms with Gasteiger partial charge in [-0.05, 0) is 36.0 Å². The second kappa shape index (κ2) is 11.5. The van der Waals surface area contributed by atoms with Crippen LogP contribution < -0.4 is 10.1 Å². The number of carboxylic acids is 1. The van der Waals surface area contributed by atoms with Gasteiger partial charge in [0.25, 0.3) is 5.91 Å². The summed E-state index contributed by atoms with van der Waals surface area (Å²) in [5, 5.41) is 14.1. The maximum absolute atomic E-state index is 13.9. The van der Waals surface area contributed by atoms with Crippen molar-refractivity contribution in [1.29, 1.82) is 0 Å². The van der Waals surface area contributed by atoms with Crippen molar-refractivity contribution >= 4 is 23.5 Å². The van der Waals surface area contributed by atoms with Crippen LogP contribution in [0.25, 0.3) is 0 Å². The van der Waals surface area contributed by atoms with Crippen LogP contribution in [0.4, 0.5) is 13.2 Å². The zero-order chi connectivity index (χ0) is 29.4. The number of rotatable bonds is 7. The van der Waals surface area contributed by atoms with Crippen LogP contribution in [0, 0.1) is 11.3 Å². The van der Waals surface area contributed by atoms with E-state index in [4.69, 9.17) is 21.1 Å². The number of amides is 1. The number of hydrogen-bond acceptors (Lipinski definition) is 6. The van der Waals surface area contributed by atoms with Crippen molar-refractivity contribution < 1.29 is 37.3 Å². The normalized spacial score (nSPS) is 25.3. The summed E-state index contributed by atoms with van der Waals surface area (Å²) >= 11 is 6.62. The Bertz CT molecular complexity index is 1250. The third-order valence-corrected chi connectivity index (χ3v) is 7.92. The van der Waals surface area contributed by atoms with Gasteiger partial charge in [0.05, 0.1) is 18.7 Å². The van der Waals surface area contributed by atoms with Crippen LogP contribution in [0.2, 0.25) is 5.02 Å². The second-order valence-electron chi connectivity index (χ2n) is 11.2. The Hall–Kier alpha value is -2.89. The van der Waals surface area contributed by atoms with Crippen molar-refractivity contribution in [2.75, 3.05) is 13.7 Å². The van der Waals surface area contributed by atoms with Crippen LogP contribution in [0.1, 0.15) is 56.3 Å². The number of aliphatic carboxylic acids is 1. The molecule has 2 N–H and O–H groups in total. The van der Waals surface area contributed by atoms with Crippen LogP contribution in [-0.4, -0.2) is 58.8 Å². The molecule has 4 rings (SSSR count). The first-order valence-corrected chi connectivity index (χ1v) is 13.4. The topological polar surface area (TPSA) is 101 Å². The van der Waals surface area contributed by atoms with Crippen molar-refractivity contribution in [3.8, 4) is 5.88 Å². The lowest BCUT2D eigenvalue weighted by Crippen LogP contribution is -2.50. The highest BCUT2D eigenvalue weighted by Gasteiger charge is 2.59. The molecule has 0 spiro atoms. The molecule has 0 bridgehead atoms. The number of hydrogen-bond donors (Lipinski definition) is 2. The number of pyridine rings is 1. The fraction of sp³-hybridized carbons (Fsp3) is 0.536. The molecule has 2 fully saturated rings. The highest BCUT2D eigenvalue weighted by Crippen LogP contribution is 2.50. The molecule has 218 valence electrons. The number of benzene rings is 1. The van der Waals surface area contributed by atoms with Gasteiger partial charge in [-0.2, -0.15) is 13.2 Å². The predicted molar refractivity (Wildman–Crippen MR) is 141 cm³/mol. The fourth-order valence-electron chi connectivity index (χ4n) is 5.90. The number of carbonyl (C=O) groups is 2. The molecule has 8 nitrogen and oxygen atoms in total. The average Bonchev–Trinajstić information content (AvgIpc) is 3.53. The molecule has 1 amide bonds. The Morgan fingerprint density at radius 1 is 1.25 bits per heavy atom. The zero-order valence-corrected chi connectivity index (χ0v) is 23.4. The summed E-state index contributed by atoms with van der Waals surface area (Å²) in [5.41, 5.74) is -0.925. The van der Waals surface area contributed by atoms with Gasteiger partial charge in [-0.15, -0.1) is 0 Å². The van der Waals surface area contributed by atoms with Crippen LogP contribution in [-0.2, 0) is 27.0 Å². The summed E-state index contributed by atoms with van der Waals surface area (Å²) in [4.78, 5) is 32.0. The maximum atomic E-state index is 13.9. The van der Waals surface area contributed by atoms with E-state index in [0.29, 0.717) is 36.2 Å². The van der Waals surface area contributed by atoms with Gasteiger partial charge in [0.2, 0.25) is 5.88 Å². The molecule has 1 aromatic heterocycles. The van der Waals surface area contributed by atoms with Crippen molar-refractivity contribution in [1.82, 2.24) is 15.2 Å². The molecule has 0 radical (unpaired) electrons. The van der Waals surface area contributed by atoms with Crippen molar-refractivity contribution in [3.05, 3.63) is 58.2 Å². The van der Waals surface area contributed by atoms with Crippen LogP contribution in [0.5, 0.6) is 5.88 Å². The molecule has 5 atom stereocenters. The highest BCUT2D eigenvalue weighted by molar-refractivity contribution is 6.31. The molecule has 40 heavy (non-hydrogen) atoms. The number of nitrogens with one attached hydrogen (secondary N) is 1. The number of ether oxygens (including phenoxy) is 2. The zero-order valence-electron chi connectivity index (χ0n) is 22.7. The molecule has 2 aromatic rings. The summed E-state index contributed by atoms with van der Waals surface area (Å²) < 4.78 is 51.3. The van der Waals surface area contributed by atoms with Gasteiger partial charge < -0.3 is 24.8 Å². The maximum Gasteiger partial charge on any atom is 0.417 e. The minimum Gasteiger partial charge on any atom is -0.481 e. The summed E-state index contributed by atoms with van der Waals surface area (Å²) in [6.07, 6.45) is -3.58. The van der Waals surface area contributed by atoms with E-state index in [9.17, 15) is 27.9 Å². The first kappa shape index (κ1) is 30.1. The highest BCUT2D eigenvalue weighted by atomic mass is 35.5. The summed E-state index contributed by atoms with van der Waals surface area (Å²) in [7, 11) is 1.31. The van der Waals surface area contributed by atoms with Gasteiger partial charge >= 0.3 is 12.1 Å². The third-order valence-electron chi connectivity index (χ3n) is 7.58. The Labute approximate surface area is 235 Å². The Morgan fingerprint density at radius 2 is 1.95 bits per heavy atom. The smallest absolute Gasteiger partial charge is 0.417 e. The number of halogens is 4. The van der Waals surface area contributed by atoms with E-state index in [2.05, 4.69) is 10.3 Å². The monoisotopic (exact) mass is 583 g/mol. The quantitative estimate of drug-likeness (QED) is 0.468. The van der Waals surface area contributed by atoms with Crippen molar-refractivity contribution in [3.63, 3.8) is 0 Å². The number of alkyl halides is 3. The van der Waals surface area contributed by atoms with Gasteiger partial charge in [-0.1, -0.05) is 50.6 Å². The summed E-state index contributed by atoms with van der Waals surface area (Å²) in [6, 6.07) is 4.99. The first-order chi connectivity index (χ1) is 18.8. The number of aromatic nitrogens is 1. The lowest BCUT2D eigenvalue weighted by molar-refractivity contribution is -0.156. The van der Waals surface area contributed by atoms with E-state index in [1.807, 2.05) is 20.8 Å². The third kappa shape index (κ3) is 5.91. The molecular weight excluding hydrogens is 551 g/mol. The minimum atomic E-state index is -4.62. The van der Waals surface area contributed by atoms with Crippen LogP contribution >= 0.6 is 11.6 Å². The molecule has 2 aliphatic heterocycles. The van der Waals surface area contributed by atoms with Crippen LogP contribution in [0.3, 0.4) is 0 Å². The first-order valence-electron chi connectivity index (χ1n) is 13.0. The van der Waals surface area contributed by atoms with E-state index in [1.165, 1.54) is 12.0 Å². The minimum absolute atomic E-state index is 0.00201. The van der Waals surface area contributed by atoms with Gasteiger partial charge in [0, 0.05) is 41.9 Å². The van der Waals surface area contributed by atoms with E-state index in [-0.39, 0.29) is 18.0 Å². The second-order valence-corrected chi connectivity index (χ2v) is 11.6. The number of nitrogens with zero attached hydrogens (tertiary/aromatic N) is 2. The van der Waals surface area contributed by atoms with E-state index >= 15 is 0 Å². The lowest BCUT2D eigenvalue weighted by Gasteiger charge is -2.35. The molecule has 2 saturated heterocycles. The van der Waals surface area contributed by atoms with Crippen molar-refractivity contribution in [2.24, 2.45) is 11.3 Å². The Kier molecular flexibility index (Phi) is 8.68. The Balaban J connectivity index is 1.84. The van der Waals surface area contributed by atoms with Gasteiger partial charge in [0.1, 0.15) is 12.1 Å². The number of methoxy groups -OCH3 is 1. The molecular formula is C28H33ClF3N3O5. The standard InChI is InChI=1S/C28H33ClF3N3O5/c1-27(2,3)20-21(33-13-15-12-16(28(30,31)32)14-34-24(15)39-4)22(17-8-5-6-9-18(17)29)35(23(20)26(37)38)25(36)19-10-7-11-40-19/h5-6,8-9,12,14,19-23,33H,7,10-11,13H2,1-4H3,(H,37,38)/t19-,20-,21-,22-,23-/m0/s1. The van der Waals surface area contributed by atoms with E-state index in [1.54, 1.807) is 24.3 Å². The van der Waals surface area contributed by atoms with E-state index < -0.39 is 59.2 Å².